The zero-order valence-corrected chi connectivity index (χ0v) is 20.4. The Hall–Kier alpha value is -3.40. The van der Waals surface area contributed by atoms with Gasteiger partial charge < -0.3 is 25.0 Å². The van der Waals surface area contributed by atoms with Crippen molar-refractivity contribution >= 4 is 45.2 Å². The van der Waals surface area contributed by atoms with Crippen LogP contribution in [-0.2, 0) is 16.0 Å². The fraction of sp³-hybridized carbons (Fsp3) is 0.417. The molecule has 2 aromatic heterocycles. The molecule has 34 heavy (non-hydrogen) atoms. The maximum atomic E-state index is 12.9. The third-order valence-corrected chi connectivity index (χ3v) is 6.84. The number of methoxy groups -OCH3 is 1. The van der Waals surface area contributed by atoms with Crippen molar-refractivity contribution in [2.75, 3.05) is 44.0 Å². The summed E-state index contributed by atoms with van der Waals surface area (Å²) in [5.41, 5.74) is 7.53. The topological polar surface area (TPSA) is 111 Å². The molecule has 9 nitrogen and oxygen atoms in total. The van der Waals surface area contributed by atoms with Gasteiger partial charge in [0.15, 0.2) is 0 Å². The molecule has 0 radical (unpaired) electrons. The molecule has 180 valence electrons. The number of hydrogen-bond donors (Lipinski definition) is 1. The molecule has 0 saturated carbocycles. The molecule has 3 heterocycles. The second kappa shape index (κ2) is 10.3. The van der Waals surface area contributed by atoms with Gasteiger partial charge in [-0.15, -0.1) is 11.3 Å². The number of esters is 1. The molecule has 10 heteroatoms. The van der Waals surface area contributed by atoms with E-state index in [-0.39, 0.29) is 24.5 Å². The highest BCUT2D eigenvalue weighted by Crippen LogP contribution is 2.35. The van der Waals surface area contributed by atoms with Gasteiger partial charge >= 0.3 is 5.97 Å². The summed E-state index contributed by atoms with van der Waals surface area (Å²) in [5, 5.41) is 2.40. The maximum Gasteiger partial charge on any atom is 0.339 e. The minimum absolute atomic E-state index is 0.00821. The summed E-state index contributed by atoms with van der Waals surface area (Å²) in [4.78, 5) is 38.8. The van der Waals surface area contributed by atoms with Gasteiger partial charge in [0, 0.05) is 37.5 Å². The monoisotopic (exact) mass is 483 g/mol. The maximum absolute atomic E-state index is 12.9. The van der Waals surface area contributed by atoms with E-state index >= 15 is 0 Å². The summed E-state index contributed by atoms with van der Waals surface area (Å²) >= 11 is 1.34. The zero-order valence-electron chi connectivity index (χ0n) is 19.6. The second-order valence-electron chi connectivity index (χ2n) is 8.19. The molecule has 1 aliphatic heterocycles. The first-order valence-electron chi connectivity index (χ1n) is 11.3. The molecular weight excluding hydrogens is 454 g/mol. The van der Waals surface area contributed by atoms with Crippen molar-refractivity contribution in [1.29, 1.82) is 0 Å². The highest BCUT2D eigenvalue weighted by molar-refractivity contribution is 7.17. The van der Waals surface area contributed by atoms with Crippen LogP contribution in [0, 0.1) is 0 Å². The van der Waals surface area contributed by atoms with Crippen LogP contribution in [0.1, 0.15) is 36.2 Å². The summed E-state index contributed by atoms with van der Waals surface area (Å²) in [5.74, 6) is 1.30. The number of carbonyl (C=O) groups excluding carboxylic acids is 2. The number of aromatic nitrogens is 2. The van der Waals surface area contributed by atoms with E-state index in [0.717, 1.165) is 11.3 Å². The van der Waals surface area contributed by atoms with Crippen LogP contribution < -0.4 is 15.4 Å². The van der Waals surface area contributed by atoms with Crippen molar-refractivity contribution in [3.8, 4) is 5.75 Å². The van der Waals surface area contributed by atoms with Crippen molar-refractivity contribution in [1.82, 2.24) is 14.9 Å². The fourth-order valence-corrected chi connectivity index (χ4v) is 5.12. The van der Waals surface area contributed by atoms with Gasteiger partial charge in [-0.05, 0) is 38.0 Å². The highest BCUT2D eigenvalue weighted by Gasteiger charge is 2.31. The lowest BCUT2D eigenvalue weighted by atomic mass is 10.1. The lowest BCUT2D eigenvalue weighted by Crippen LogP contribution is -2.54. The van der Waals surface area contributed by atoms with E-state index in [2.05, 4.69) is 14.9 Å². The number of aryl methyl sites for hydroxylation is 1. The number of thiophene rings is 1. The molecule has 1 atom stereocenters. The SMILES string of the molecule is CCOC(=O)c1csc2nc(N)nc(N3CCN(C(=O)CCc4ccc(OC)cc4)CC3C)c12. The van der Waals surface area contributed by atoms with E-state index in [9.17, 15) is 9.59 Å². The van der Waals surface area contributed by atoms with Crippen molar-refractivity contribution in [3.05, 3.63) is 40.8 Å². The van der Waals surface area contributed by atoms with Gasteiger partial charge in [-0.2, -0.15) is 4.98 Å². The van der Waals surface area contributed by atoms with Crippen molar-refractivity contribution in [3.63, 3.8) is 0 Å². The van der Waals surface area contributed by atoms with Crippen molar-refractivity contribution in [2.24, 2.45) is 0 Å². The summed E-state index contributed by atoms with van der Waals surface area (Å²) in [7, 11) is 1.64. The Morgan fingerprint density at radius 2 is 1.97 bits per heavy atom. The summed E-state index contributed by atoms with van der Waals surface area (Å²) in [6, 6.07) is 7.78. The third kappa shape index (κ3) is 4.91. The van der Waals surface area contributed by atoms with E-state index in [1.54, 1.807) is 19.4 Å². The first kappa shape index (κ1) is 23.7. The average molecular weight is 484 g/mol. The highest BCUT2D eigenvalue weighted by atomic mass is 32.1. The minimum atomic E-state index is -0.400. The number of hydrogen-bond acceptors (Lipinski definition) is 9. The van der Waals surface area contributed by atoms with Gasteiger partial charge in [-0.1, -0.05) is 12.1 Å². The first-order chi connectivity index (χ1) is 16.4. The number of piperazine rings is 1. The van der Waals surface area contributed by atoms with Crippen LogP contribution in [0.2, 0.25) is 0 Å². The number of anilines is 2. The fourth-order valence-electron chi connectivity index (χ4n) is 4.21. The Balaban J connectivity index is 1.47. The quantitative estimate of drug-likeness (QED) is 0.510. The number of fused-ring (bicyclic) bond motifs is 1. The molecule has 0 aliphatic carbocycles. The smallest absolute Gasteiger partial charge is 0.339 e. The molecule has 1 aliphatic rings. The summed E-state index contributed by atoms with van der Waals surface area (Å²) in [6.07, 6.45) is 1.12. The molecule has 1 unspecified atom stereocenters. The zero-order chi connectivity index (χ0) is 24.2. The van der Waals surface area contributed by atoms with Crippen LogP contribution in [0.4, 0.5) is 11.8 Å². The number of benzene rings is 1. The van der Waals surface area contributed by atoms with Crippen LogP contribution >= 0.6 is 11.3 Å². The Morgan fingerprint density at radius 3 is 2.65 bits per heavy atom. The lowest BCUT2D eigenvalue weighted by Gasteiger charge is -2.41. The predicted octanol–water partition coefficient (Wildman–Crippen LogP) is 3.13. The summed E-state index contributed by atoms with van der Waals surface area (Å²) in [6.45, 7) is 5.81. The van der Waals surface area contributed by atoms with Gasteiger partial charge in [0.25, 0.3) is 0 Å². The van der Waals surface area contributed by atoms with Crippen molar-refractivity contribution < 1.29 is 19.1 Å². The third-order valence-electron chi connectivity index (χ3n) is 5.97. The van der Waals surface area contributed by atoms with E-state index in [1.165, 1.54) is 11.3 Å². The Labute approximate surface area is 202 Å². The molecule has 1 aromatic carbocycles. The standard InChI is InChI=1S/C24H29N5O4S/c1-4-33-23(31)18-14-34-22-20(18)21(26-24(25)27-22)29-12-11-28(13-15(29)2)19(30)10-7-16-5-8-17(32-3)9-6-16/h5-6,8-9,14-15H,4,7,10-13H2,1-3H3,(H2,25,26,27). The number of ether oxygens (including phenoxy) is 2. The molecule has 1 amide bonds. The second-order valence-corrected chi connectivity index (χ2v) is 9.04. The van der Waals surface area contributed by atoms with Crippen LogP contribution in [0.5, 0.6) is 5.75 Å². The molecule has 2 N–H and O–H groups in total. The van der Waals surface area contributed by atoms with E-state index in [0.29, 0.717) is 54.1 Å². The van der Waals surface area contributed by atoms with Crippen LogP contribution in [0.25, 0.3) is 10.2 Å². The van der Waals surface area contributed by atoms with Gasteiger partial charge in [-0.25, -0.2) is 9.78 Å². The number of carbonyl (C=O) groups is 2. The number of nitrogens with two attached hydrogens (primary N) is 1. The first-order valence-corrected chi connectivity index (χ1v) is 12.2. The van der Waals surface area contributed by atoms with Gasteiger partial charge in [0.05, 0.1) is 24.7 Å². The normalized spacial score (nSPS) is 16.0. The molecule has 1 fully saturated rings. The summed E-state index contributed by atoms with van der Waals surface area (Å²) < 4.78 is 10.4. The molecular formula is C24H29N5O4S. The van der Waals surface area contributed by atoms with E-state index in [1.807, 2.05) is 36.1 Å². The number of nitrogen functional groups attached to an aromatic ring is 1. The lowest BCUT2D eigenvalue weighted by molar-refractivity contribution is -0.131. The van der Waals surface area contributed by atoms with E-state index < -0.39 is 5.97 Å². The van der Waals surface area contributed by atoms with Crippen LogP contribution in [0.3, 0.4) is 0 Å². The minimum Gasteiger partial charge on any atom is -0.497 e. The molecule has 1 saturated heterocycles. The molecule has 3 aromatic rings. The van der Waals surface area contributed by atoms with Crippen molar-refractivity contribution in [2.45, 2.75) is 32.7 Å². The van der Waals surface area contributed by atoms with Gasteiger partial charge in [-0.3, -0.25) is 4.79 Å². The number of nitrogens with zero attached hydrogens (tertiary/aromatic N) is 4. The Kier molecular flexibility index (Phi) is 7.16. The number of rotatable bonds is 7. The molecule has 0 spiro atoms. The Morgan fingerprint density at radius 1 is 1.21 bits per heavy atom. The molecule has 4 rings (SSSR count). The number of amides is 1. The average Bonchev–Trinajstić information content (AvgIpc) is 3.26. The predicted molar refractivity (Wildman–Crippen MR) is 132 cm³/mol. The largest absolute Gasteiger partial charge is 0.497 e. The Bertz CT molecular complexity index is 1180. The van der Waals surface area contributed by atoms with Crippen LogP contribution in [-0.4, -0.2) is 66.1 Å². The van der Waals surface area contributed by atoms with E-state index in [4.69, 9.17) is 15.2 Å². The van der Waals surface area contributed by atoms with Crippen LogP contribution in [0.15, 0.2) is 29.6 Å². The van der Waals surface area contributed by atoms with Gasteiger partial charge in [0.1, 0.15) is 16.4 Å². The van der Waals surface area contributed by atoms with Gasteiger partial charge in [0.2, 0.25) is 11.9 Å². The molecule has 0 bridgehead atoms.